The molecule has 1 N–H and O–H groups in total. The first-order valence-electron chi connectivity index (χ1n) is 6.42. The molecule has 1 aliphatic heterocycles. The molecule has 0 spiro atoms. The highest BCUT2D eigenvalue weighted by atomic mass is 35.5. The lowest BCUT2D eigenvalue weighted by atomic mass is 9.99. The van der Waals surface area contributed by atoms with Crippen molar-refractivity contribution in [2.24, 2.45) is 5.92 Å². The number of nitrogens with one attached hydrogen (secondary N) is 1. The Morgan fingerprint density at radius 2 is 2.22 bits per heavy atom. The molecule has 0 unspecified atom stereocenters. The van der Waals surface area contributed by atoms with Crippen LogP contribution in [0.4, 0.5) is 10.2 Å². The van der Waals surface area contributed by atoms with Crippen LogP contribution in [0.15, 0.2) is 12.3 Å². The summed E-state index contributed by atoms with van der Waals surface area (Å²) in [7, 11) is 0. The lowest BCUT2D eigenvalue weighted by molar-refractivity contribution is 0.199. The maximum absolute atomic E-state index is 13.4. The van der Waals surface area contributed by atoms with Gasteiger partial charge in [-0.25, -0.2) is 9.37 Å². The lowest BCUT2D eigenvalue weighted by Crippen LogP contribution is -2.36. The Morgan fingerprint density at radius 3 is 2.89 bits per heavy atom. The summed E-state index contributed by atoms with van der Waals surface area (Å²) < 4.78 is 13.4. The predicted molar refractivity (Wildman–Crippen MR) is 72.5 cm³/mol. The minimum atomic E-state index is -0.394. The first-order valence-corrected chi connectivity index (χ1v) is 6.80. The standard InChI is InChI=1S/C13H19ClFN3/c1-10-2-5-18(6-3-10)7-4-16-13-12(15)8-11(14)9-17-13/h8-10H,2-7H2,1H3,(H,16,17). The van der Waals surface area contributed by atoms with Crippen molar-refractivity contribution in [3.63, 3.8) is 0 Å². The van der Waals surface area contributed by atoms with Crippen LogP contribution < -0.4 is 5.32 Å². The Labute approximate surface area is 112 Å². The number of halogens is 2. The van der Waals surface area contributed by atoms with Gasteiger partial charge in [0.25, 0.3) is 0 Å². The van der Waals surface area contributed by atoms with E-state index in [1.165, 1.54) is 25.1 Å². The number of nitrogens with zero attached hydrogens (tertiary/aromatic N) is 2. The van der Waals surface area contributed by atoms with E-state index in [1.54, 1.807) is 0 Å². The zero-order valence-electron chi connectivity index (χ0n) is 10.6. The number of pyridine rings is 1. The van der Waals surface area contributed by atoms with Gasteiger partial charge in [0, 0.05) is 19.3 Å². The minimum absolute atomic E-state index is 0.282. The Morgan fingerprint density at radius 1 is 1.50 bits per heavy atom. The van der Waals surface area contributed by atoms with E-state index in [4.69, 9.17) is 11.6 Å². The summed E-state index contributed by atoms with van der Waals surface area (Å²) >= 11 is 5.65. The second-order valence-electron chi connectivity index (χ2n) is 4.93. The van der Waals surface area contributed by atoms with Crippen molar-refractivity contribution < 1.29 is 4.39 Å². The van der Waals surface area contributed by atoms with Gasteiger partial charge in [0.05, 0.1) is 5.02 Å². The summed E-state index contributed by atoms with van der Waals surface area (Å²) in [6.45, 7) is 6.21. The van der Waals surface area contributed by atoms with Gasteiger partial charge in [0.15, 0.2) is 11.6 Å². The van der Waals surface area contributed by atoms with Crippen molar-refractivity contribution in [3.8, 4) is 0 Å². The molecule has 1 saturated heterocycles. The molecule has 5 heteroatoms. The van der Waals surface area contributed by atoms with Crippen LogP contribution in [0.3, 0.4) is 0 Å². The van der Waals surface area contributed by atoms with Crippen molar-refractivity contribution >= 4 is 17.4 Å². The molecule has 0 radical (unpaired) electrons. The van der Waals surface area contributed by atoms with Gasteiger partial charge in [0.2, 0.25) is 0 Å². The van der Waals surface area contributed by atoms with Crippen molar-refractivity contribution in [1.29, 1.82) is 0 Å². The molecule has 0 aliphatic carbocycles. The fourth-order valence-corrected chi connectivity index (χ4v) is 2.31. The zero-order chi connectivity index (χ0) is 13.0. The topological polar surface area (TPSA) is 28.2 Å². The second-order valence-corrected chi connectivity index (χ2v) is 5.37. The molecule has 0 atom stereocenters. The summed E-state index contributed by atoms with van der Waals surface area (Å²) in [5.41, 5.74) is 0. The van der Waals surface area contributed by atoms with Crippen LogP contribution in [0.1, 0.15) is 19.8 Å². The smallest absolute Gasteiger partial charge is 0.166 e. The van der Waals surface area contributed by atoms with Crippen LogP contribution >= 0.6 is 11.6 Å². The highest BCUT2D eigenvalue weighted by Crippen LogP contribution is 2.17. The van der Waals surface area contributed by atoms with Crippen LogP contribution in [0.25, 0.3) is 0 Å². The number of anilines is 1. The summed E-state index contributed by atoms with van der Waals surface area (Å²) in [5, 5.41) is 3.33. The molecule has 1 fully saturated rings. The van der Waals surface area contributed by atoms with Gasteiger partial charge in [-0.15, -0.1) is 0 Å². The van der Waals surface area contributed by atoms with Gasteiger partial charge in [-0.2, -0.15) is 0 Å². The van der Waals surface area contributed by atoms with Crippen molar-refractivity contribution in [2.75, 3.05) is 31.5 Å². The van der Waals surface area contributed by atoms with Gasteiger partial charge in [-0.3, -0.25) is 0 Å². The molecule has 1 aromatic rings. The van der Waals surface area contributed by atoms with Crippen molar-refractivity contribution in [1.82, 2.24) is 9.88 Å². The maximum atomic E-state index is 13.4. The summed E-state index contributed by atoms with van der Waals surface area (Å²) in [6, 6.07) is 1.28. The van der Waals surface area contributed by atoms with Crippen molar-refractivity contribution in [3.05, 3.63) is 23.1 Å². The fraction of sp³-hybridized carbons (Fsp3) is 0.615. The van der Waals surface area contributed by atoms with E-state index in [2.05, 4.69) is 22.1 Å². The van der Waals surface area contributed by atoms with E-state index in [1.807, 2.05) is 0 Å². The SMILES string of the molecule is CC1CCN(CCNc2ncc(Cl)cc2F)CC1. The first-order chi connectivity index (χ1) is 8.65. The van der Waals surface area contributed by atoms with Gasteiger partial charge >= 0.3 is 0 Å². The molecule has 2 rings (SSSR count). The second kappa shape index (κ2) is 6.34. The third kappa shape index (κ3) is 3.82. The fourth-order valence-electron chi connectivity index (χ4n) is 2.16. The number of hydrogen-bond donors (Lipinski definition) is 1. The van der Waals surface area contributed by atoms with Gasteiger partial charge < -0.3 is 10.2 Å². The molecule has 1 aliphatic rings. The normalized spacial score (nSPS) is 17.9. The number of piperidine rings is 1. The monoisotopic (exact) mass is 271 g/mol. The molecule has 3 nitrogen and oxygen atoms in total. The molecular weight excluding hydrogens is 253 g/mol. The quantitative estimate of drug-likeness (QED) is 0.912. The largest absolute Gasteiger partial charge is 0.366 e. The molecular formula is C13H19ClFN3. The molecule has 100 valence electrons. The molecule has 1 aromatic heterocycles. The number of likely N-dealkylation sites (tertiary alicyclic amines) is 1. The molecule has 0 amide bonds. The average molecular weight is 272 g/mol. The van der Waals surface area contributed by atoms with E-state index in [9.17, 15) is 4.39 Å². The third-order valence-corrected chi connectivity index (χ3v) is 3.61. The molecule has 0 bridgehead atoms. The van der Waals surface area contributed by atoms with Crippen LogP contribution in [-0.2, 0) is 0 Å². The van der Waals surface area contributed by atoms with E-state index in [-0.39, 0.29) is 5.82 Å². The Balaban J connectivity index is 1.75. The van der Waals surface area contributed by atoms with Gasteiger partial charge in [-0.05, 0) is 37.9 Å². The van der Waals surface area contributed by atoms with Gasteiger partial charge in [-0.1, -0.05) is 18.5 Å². The predicted octanol–water partition coefficient (Wildman–Crippen LogP) is 3.02. The van der Waals surface area contributed by atoms with Crippen LogP contribution in [0, 0.1) is 11.7 Å². The minimum Gasteiger partial charge on any atom is -0.366 e. The average Bonchev–Trinajstić information content (AvgIpc) is 2.34. The summed E-state index contributed by atoms with van der Waals surface area (Å²) in [4.78, 5) is 6.34. The number of aromatic nitrogens is 1. The highest BCUT2D eigenvalue weighted by Gasteiger charge is 2.15. The van der Waals surface area contributed by atoms with Gasteiger partial charge in [0.1, 0.15) is 0 Å². The van der Waals surface area contributed by atoms with E-state index in [0.29, 0.717) is 11.6 Å². The molecule has 2 heterocycles. The number of rotatable bonds is 4. The maximum Gasteiger partial charge on any atom is 0.166 e. The Bertz CT molecular complexity index is 392. The first kappa shape index (κ1) is 13.6. The van der Waals surface area contributed by atoms with Crippen LogP contribution in [-0.4, -0.2) is 36.1 Å². The molecule has 0 saturated carbocycles. The van der Waals surface area contributed by atoms with Crippen molar-refractivity contribution in [2.45, 2.75) is 19.8 Å². The lowest BCUT2D eigenvalue weighted by Gasteiger charge is -2.30. The van der Waals surface area contributed by atoms with E-state index in [0.717, 1.165) is 25.6 Å². The Kier molecular flexibility index (Phi) is 4.78. The molecule has 18 heavy (non-hydrogen) atoms. The molecule has 0 aromatic carbocycles. The van der Waals surface area contributed by atoms with Crippen LogP contribution in [0.2, 0.25) is 5.02 Å². The number of hydrogen-bond acceptors (Lipinski definition) is 3. The third-order valence-electron chi connectivity index (χ3n) is 3.40. The summed E-state index contributed by atoms with van der Waals surface area (Å²) in [6.07, 6.45) is 3.97. The zero-order valence-corrected chi connectivity index (χ0v) is 11.4. The Hall–Kier alpha value is -0.870. The highest BCUT2D eigenvalue weighted by molar-refractivity contribution is 6.30. The summed E-state index contributed by atoms with van der Waals surface area (Å²) in [5.74, 6) is 0.726. The van der Waals surface area contributed by atoms with E-state index >= 15 is 0 Å². The van der Waals surface area contributed by atoms with Crippen LogP contribution in [0.5, 0.6) is 0 Å². The van der Waals surface area contributed by atoms with E-state index < -0.39 is 5.82 Å².